The monoisotopic (exact) mass is 626 g/mol. The van der Waals surface area contributed by atoms with Crippen LogP contribution in [-0.2, 0) is 43.2 Å². The van der Waals surface area contributed by atoms with Gasteiger partial charge in [0.15, 0.2) is 21.9 Å². The van der Waals surface area contributed by atoms with E-state index in [-0.39, 0.29) is 28.8 Å². The number of thioether (sulfide) groups is 1. The van der Waals surface area contributed by atoms with Gasteiger partial charge in [0.2, 0.25) is 10.4 Å². The number of oxime groups is 1. The third-order valence-electron chi connectivity index (χ3n) is 5.79. The Kier molecular flexibility index (Phi) is 8.58. The first-order valence-corrected chi connectivity index (χ1v) is 14.6. The predicted molar refractivity (Wildman–Crippen MR) is 143 cm³/mol. The Balaban J connectivity index is 0.000000714. The maximum absolute atomic E-state index is 13.1. The number of hydrogen-bond donors (Lipinski definition) is 4. The Morgan fingerprint density at radius 3 is 2.66 bits per heavy atom. The second-order valence-corrected chi connectivity index (χ2v) is 11.2. The van der Waals surface area contributed by atoms with Crippen molar-refractivity contribution in [3.8, 4) is 0 Å². The van der Waals surface area contributed by atoms with Crippen molar-refractivity contribution >= 4 is 73.2 Å². The van der Waals surface area contributed by atoms with Gasteiger partial charge in [0.05, 0.1) is 5.21 Å². The van der Waals surface area contributed by atoms with Gasteiger partial charge in [-0.05, 0) is 12.1 Å². The van der Waals surface area contributed by atoms with Gasteiger partial charge < -0.3 is 25.5 Å². The lowest BCUT2D eigenvalue weighted by atomic mass is 10.0. The number of amides is 2. The van der Waals surface area contributed by atoms with Crippen molar-refractivity contribution in [3.05, 3.63) is 46.6 Å². The molecule has 17 nitrogen and oxygen atoms in total. The van der Waals surface area contributed by atoms with E-state index < -0.39 is 39.6 Å². The van der Waals surface area contributed by atoms with Crippen LogP contribution in [0.3, 0.4) is 0 Å². The number of aromatic nitrogens is 4. The zero-order valence-corrected chi connectivity index (χ0v) is 23.6. The fraction of sp³-hybridized carbons (Fsp3) is 0.286. The number of benzene rings is 1. The van der Waals surface area contributed by atoms with Crippen molar-refractivity contribution in [2.75, 3.05) is 18.6 Å². The van der Waals surface area contributed by atoms with Gasteiger partial charge >= 0.3 is 5.97 Å². The van der Waals surface area contributed by atoms with Gasteiger partial charge in [-0.2, -0.15) is 0 Å². The fourth-order valence-corrected chi connectivity index (χ4v) is 6.10. The van der Waals surface area contributed by atoms with Gasteiger partial charge in [-0.3, -0.25) is 19.0 Å². The standard InChI is InChI=1S/C21H20N8O5S2.H2O4S/c1-27-12-5-3-4-6-13(12)28(26-27)7-10-8-35-19-15(18(31)29(19)16(10)20(32)33)24-17(30)14(25-34-2)11-9-36-21(22)23-11;1-5(2,3)4/h3-6,9,15,19H,7-8H2,1-2H3,(H3-,22,23,24,30,32,33);(H2,1,2,3,4)/b25-14+;/t15-,19-;/m0./s1. The Labute approximate surface area is 239 Å². The number of hydrogen-bond acceptors (Lipinski definition) is 13. The number of rotatable bonds is 7. The van der Waals surface area contributed by atoms with E-state index in [1.165, 1.54) is 23.8 Å². The summed E-state index contributed by atoms with van der Waals surface area (Å²) in [4.78, 5) is 48.2. The summed E-state index contributed by atoms with van der Waals surface area (Å²) < 4.78 is 36.3. The third kappa shape index (κ3) is 6.46. The molecule has 2 aromatic heterocycles. The second-order valence-electron chi connectivity index (χ2n) is 8.40. The summed E-state index contributed by atoms with van der Waals surface area (Å²) in [5.41, 5.74) is 7.94. The average molecular weight is 627 g/mol. The highest BCUT2D eigenvalue weighted by Gasteiger charge is 2.54. The number of nitrogen functional groups attached to an aromatic ring is 1. The molecule has 1 fully saturated rings. The van der Waals surface area contributed by atoms with Crippen molar-refractivity contribution in [1.29, 1.82) is 0 Å². The number of nitrogens with zero attached hydrogens (tertiary/aromatic N) is 6. The van der Waals surface area contributed by atoms with E-state index in [4.69, 9.17) is 28.1 Å². The number of nitrogens with one attached hydrogen (secondary N) is 1. The van der Waals surface area contributed by atoms with Gasteiger partial charge in [-0.1, -0.05) is 17.3 Å². The molecule has 2 aliphatic rings. The maximum atomic E-state index is 13.1. The van der Waals surface area contributed by atoms with Crippen LogP contribution in [0.5, 0.6) is 0 Å². The van der Waals surface area contributed by atoms with E-state index in [1.807, 2.05) is 31.3 Å². The van der Waals surface area contributed by atoms with Crippen LogP contribution in [0, 0.1) is 0 Å². The number of aryl methyl sites for hydroxylation is 1. The topological polar surface area (TPSA) is 246 Å². The Morgan fingerprint density at radius 1 is 1.37 bits per heavy atom. The molecule has 2 amide bonds. The van der Waals surface area contributed by atoms with E-state index in [1.54, 1.807) is 14.7 Å². The van der Waals surface area contributed by atoms with Crippen LogP contribution < -0.4 is 15.7 Å². The molecule has 0 radical (unpaired) electrons. The highest BCUT2D eigenvalue weighted by molar-refractivity contribution is 8.00. The third-order valence-corrected chi connectivity index (χ3v) is 7.80. The van der Waals surface area contributed by atoms with Crippen LogP contribution >= 0.6 is 23.1 Å². The molecule has 0 aliphatic carbocycles. The van der Waals surface area contributed by atoms with Crippen LogP contribution in [-0.4, -0.2) is 90.2 Å². The van der Waals surface area contributed by atoms with Crippen molar-refractivity contribution in [2.24, 2.45) is 12.2 Å². The van der Waals surface area contributed by atoms with Crippen molar-refractivity contribution in [3.63, 3.8) is 0 Å². The number of nitrogens with two attached hydrogens (primary N) is 1. The molecule has 1 saturated heterocycles. The zero-order valence-electron chi connectivity index (χ0n) is 21.2. The molecule has 20 heteroatoms. The highest BCUT2D eigenvalue weighted by Crippen LogP contribution is 2.40. The van der Waals surface area contributed by atoms with E-state index in [2.05, 4.69) is 20.7 Å². The highest BCUT2D eigenvalue weighted by atomic mass is 32.3. The lowest BCUT2D eigenvalue weighted by Crippen LogP contribution is -2.71. The van der Waals surface area contributed by atoms with Crippen LogP contribution in [0.1, 0.15) is 5.69 Å². The lowest BCUT2D eigenvalue weighted by Gasteiger charge is -2.49. The number of carboxylic acid groups (broad SMARTS) is 1. The van der Waals surface area contributed by atoms with E-state index in [0.29, 0.717) is 11.3 Å². The van der Waals surface area contributed by atoms with Gasteiger partial charge in [0.1, 0.15) is 43.5 Å². The van der Waals surface area contributed by atoms with Gasteiger partial charge in [-0.25, -0.2) is 18.2 Å². The van der Waals surface area contributed by atoms with Crippen molar-refractivity contribution in [2.45, 2.75) is 18.0 Å². The first-order chi connectivity index (χ1) is 19.3. The summed E-state index contributed by atoms with van der Waals surface area (Å²) in [6, 6.07) is 6.67. The molecule has 2 atom stereocenters. The first kappa shape index (κ1) is 29.9. The summed E-state index contributed by atoms with van der Waals surface area (Å²) in [5.74, 6) is -2.07. The number of β-lactam (4-membered cyclic amide) rings is 1. The molecule has 4 heterocycles. The molecule has 5 N–H and O–H groups in total. The molecule has 1 aromatic carbocycles. The normalized spacial score (nSPS) is 18.8. The number of para-hydroxylation sites is 2. The number of carbonyl (C=O) groups excluding carboxylic acids is 2. The molecular weight excluding hydrogens is 604 g/mol. The maximum Gasteiger partial charge on any atom is 0.352 e. The molecule has 218 valence electrons. The van der Waals surface area contributed by atoms with Crippen LogP contribution in [0.4, 0.5) is 5.13 Å². The van der Waals surface area contributed by atoms with Crippen LogP contribution in [0.25, 0.3) is 11.0 Å². The number of anilines is 1. The summed E-state index contributed by atoms with van der Waals surface area (Å²) in [5, 5.41) is 22.0. The largest absolute Gasteiger partial charge is 0.726 e. The Hall–Kier alpha value is -4.11. The summed E-state index contributed by atoms with van der Waals surface area (Å²) in [6.45, 7) is 0.208. The quantitative estimate of drug-likeness (QED) is 0.0595. The van der Waals surface area contributed by atoms with E-state index in [9.17, 15) is 19.5 Å². The van der Waals surface area contributed by atoms with Crippen molar-refractivity contribution < 1.29 is 46.5 Å². The Morgan fingerprint density at radius 2 is 2.05 bits per heavy atom. The van der Waals surface area contributed by atoms with Crippen LogP contribution in [0.15, 0.2) is 46.1 Å². The molecule has 41 heavy (non-hydrogen) atoms. The zero-order chi connectivity index (χ0) is 30.1. The number of aliphatic carboxylic acids is 1. The molecule has 0 spiro atoms. The average Bonchev–Trinajstić information content (AvgIpc) is 3.47. The van der Waals surface area contributed by atoms with Crippen molar-refractivity contribution in [1.82, 2.24) is 25.1 Å². The van der Waals surface area contributed by atoms with Gasteiger partial charge in [-0.15, -0.1) is 32.5 Å². The summed E-state index contributed by atoms with van der Waals surface area (Å²) in [6.07, 6.45) is 0. The minimum Gasteiger partial charge on any atom is -0.726 e. The molecule has 5 rings (SSSR count). The number of fused-ring (bicyclic) bond motifs is 2. The summed E-state index contributed by atoms with van der Waals surface area (Å²) in [7, 11) is -1.82. The molecule has 3 aromatic rings. The second kappa shape index (κ2) is 11.8. The number of carbonyl (C=O) groups is 3. The van der Waals surface area contributed by atoms with Gasteiger partial charge in [0, 0.05) is 16.7 Å². The molecule has 0 bridgehead atoms. The SMILES string of the molecule is CO/N=C(/C(=O)N[C@H]1C(=O)N2C(C(=O)O)=C(Cn3n[n+](C)c4ccccc43)CS[C@@H]12)c1csc(N)n1.O=S(=O)([O-])O. The van der Waals surface area contributed by atoms with E-state index in [0.717, 1.165) is 22.4 Å². The molecule has 0 saturated carbocycles. The fourth-order valence-electron chi connectivity index (χ4n) is 4.22. The molecule has 0 unspecified atom stereocenters. The summed E-state index contributed by atoms with van der Waals surface area (Å²) >= 11 is 2.50. The molecule has 2 aliphatic heterocycles. The molecular formula is C21H22N8O9S3. The minimum absolute atomic E-state index is 0.0884. The predicted octanol–water partition coefficient (Wildman–Crippen LogP) is -1.31. The van der Waals surface area contributed by atoms with E-state index >= 15 is 0 Å². The number of thiazole rings is 1. The smallest absolute Gasteiger partial charge is 0.352 e. The lowest BCUT2D eigenvalue weighted by molar-refractivity contribution is -0.709. The first-order valence-electron chi connectivity index (χ1n) is 11.3. The Bertz CT molecular complexity index is 1690. The number of carboxylic acids is 1. The van der Waals surface area contributed by atoms with Gasteiger partial charge in [0.25, 0.3) is 11.8 Å². The minimum atomic E-state index is -4.92. The van der Waals surface area contributed by atoms with Crippen LogP contribution in [0.2, 0.25) is 0 Å².